The van der Waals surface area contributed by atoms with Crippen LogP contribution < -0.4 is 5.32 Å². The molecule has 0 amide bonds. The number of nitrogens with one attached hydrogen (secondary N) is 1. The Morgan fingerprint density at radius 2 is 1.95 bits per heavy atom. The van der Waals surface area contributed by atoms with Crippen LogP contribution in [-0.2, 0) is 0 Å². The van der Waals surface area contributed by atoms with Crippen molar-refractivity contribution in [1.82, 2.24) is 4.98 Å². The lowest BCUT2D eigenvalue weighted by molar-refractivity contribution is 1.33. The van der Waals surface area contributed by atoms with E-state index in [4.69, 9.17) is 11.6 Å². The van der Waals surface area contributed by atoms with Gasteiger partial charge in [-0.1, -0.05) is 35.4 Å². The fourth-order valence-corrected chi connectivity index (χ4v) is 3.08. The number of hydrogen-bond acceptors (Lipinski definition) is 3. The fourth-order valence-electron chi connectivity index (χ4n) is 2.16. The van der Waals surface area contributed by atoms with E-state index < -0.39 is 0 Å². The predicted octanol–water partition coefficient (Wildman–Crippen LogP) is 5.82. The Balaban J connectivity index is 1.88. The van der Waals surface area contributed by atoms with E-state index in [-0.39, 0.29) is 0 Å². The smallest absolute Gasteiger partial charge is 0.187 e. The highest BCUT2D eigenvalue weighted by Crippen LogP contribution is 2.30. The number of rotatable bonds is 3. The van der Waals surface area contributed by atoms with Crippen LogP contribution in [0.3, 0.4) is 0 Å². The molecule has 0 unspecified atom stereocenters. The summed E-state index contributed by atoms with van der Waals surface area (Å²) in [7, 11) is 0. The first-order valence-electron chi connectivity index (χ1n) is 6.67. The third kappa shape index (κ3) is 3.26. The summed E-state index contributed by atoms with van der Waals surface area (Å²) in [5.74, 6) is 0. The number of nitrogens with zero attached hydrogens (tertiary/aromatic N) is 1. The maximum absolute atomic E-state index is 5.99. The monoisotopic (exact) mass is 314 g/mol. The zero-order valence-electron chi connectivity index (χ0n) is 11.9. The molecule has 0 spiro atoms. The van der Waals surface area contributed by atoms with Crippen LogP contribution in [0.15, 0.2) is 47.8 Å². The first-order valence-corrected chi connectivity index (χ1v) is 7.93. The minimum Gasteiger partial charge on any atom is -0.331 e. The lowest BCUT2D eigenvalue weighted by atomic mass is 10.0. The molecule has 106 valence electrons. The van der Waals surface area contributed by atoms with Gasteiger partial charge in [0.1, 0.15) is 0 Å². The average molecular weight is 315 g/mol. The van der Waals surface area contributed by atoms with Crippen molar-refractivity contribution in [2.75, 3.05) is 5.32 Å². The first kappa shape index (κ1) is 14.1. The first-order chi connectivity index (χ1) is 10.1. The number of anilines is 2. The Labute approximate surface area is 133 Å². The van der Waals surface area contributed by atoms with Crippen molar-refractivity contribution in [1.29, 1.82) is 0 Å². The van der Waals surface area contributed by atoms with Crippen LogP contribution in [0.1, 0.15) is 11.1 Å². The van der Waals surface area contributed by atoms with Gasteiger partial charge in [0, 0.05) is 21.7 Å². The minimum atomic E-state index is 0.714. The van der Waals surface area contributed by atoms with Gasteiger partial charge in [0.15, 0.2) is 5.13 Å². The van der Waals surface area contributed by atoms with Crippen molar-refractivity contribution < 1.29 is 0 Å². The minimum absolute atomic E-state index is 0.714. The molecule has 0 aliphatic carbocycles. The molecule has 0 fully saturated rings. The maximum atomic E-state index is 5.99. The van der Waals surface area contributed by atoms with Gasteiger partial charge in [0.05, 0.1) is 5.69 Å². The lowest BCUT2D eigenvalue weighted by Crippen LogP contribution is -1.90. The van der Waals surface area contributed by atoms with Crippen molar-refractivity contribution in [3.63, 3.8) is 0 Å². The van der Waals surface area contributed by atoms with Gasteiger partial charge in [-0.3, -0.25) is 0 Å². The van der Waals surface area contributed by atoms with E-state index in [0.29, 0.717) is 5.02 Å². The lowest BCUT2D eigenvalue weighted by Gasteiger charge is -2.04. The van der Waals surface area contributed by atoms with Gasteiger partial charge < -0.3 is 5.32 Å². The number of thiazole rings is 1. The molecule has 0 saturated heterocycles. The molecule has 0 aliphatic rings. The average Bonchev–Trinajstić information content (AvgIpc) is 2.90. The molecule has 0 aliphatic heterocycles. The van der Waals surface area contributed by atoms with Crippen molar-refractivity contribution in [2.24, 2.45) is 0 Å². The summed E-state index contributed by atoms with van der Waals surface area (Å²) in [5, 5.41) is 6.95. The van der Waals surface area contributed by atoms with E-state index in [9.17, 15) is 0 Å². The summed E-state index contributed by atoms with van der Waals surface area (Å²) < 4.78 is 0. The summed E-state index contributed by atoms with van der Waals surface area (Å²) in [6.45, 7) is 4.21. The van der Waals surface area contributed by atoms with Crippen LogP contribution in [-0.4, -0.2) is 4.98 Å². The van der Waals surface area contributed by atoms with Crippen LogP contribution in [0, 0.1) is 13.8 Å². The van der Waals surface area contributed by atoms with E-state index in [1.54, 1.807) is 11.3 Å². The van der Waals surface area contributed by atoms with E-state index in [1.165, 1.54) is 16.7 Å². The quantitative estimate of drug-likeness (QED) is 0.658. The van der Waals surface area contributed by atoms with E-state index in [2.05, 4.69) is 47.7 Å². The van der Waals surface area contributed by atoms with Crippen molar-refractivity contribution in [3.05, 3.63) is 64.0 Å². The Morgan fingerprint density at radius 1 is 1.10 bits per heavy atom. The molecule has 3 rings (SSSR count). The summed E-state index contributed by atoms with van der Waals surface area (Å²) in [4.78, 5) is 4.67. The third-order valence-corrected chi connectivity index (χ3v) is 4.24. The second-order valence-electron chi connectivity index (χ2n) is 4.99. The second-order valence-corrected chi connectivity index (χ2v) is 6.29. The van der Waals surface area contributed by atoms with Gasteiger partial charge in [-0.2, -0.15) is 0 Å². The molecule has 0 atom stereocenters. The Morgan fingerprint density at radius 3 is 2.76 bits per heavy atom. The topological polar surface area (TPSA) is 24.9 Å². The second kappa shape index (κ2) is 5.88. The van der Waals surface area contributed by atoms with E-state index in [1.807, 2.05) is 24.3 Å². The van der Waals surface area contributed by atoms with Crippen molar-refractivity contribution in [3.8, 4) is 11.3 Å². The number of benzene rings is 2. The van der Waals surface area contributed by atoms with Crippen LogP contribution in [0.4, 0.5) is 10.8 Å². The molecule has 2 nitrogen and oxygen atoms in total. The van der Waals surface area contributed by atoms with E-state index >= 15 is 0 Å². The van der Waals surface area contributed by atoms with Gasteiger partial charge >= 0.3 is 0 Å². The molecule has 0 saturated carbocycles. The largest absolute Gasteiger partial charge is 0.331 e. The maximum Gasteiger partial charge on any atom is 0.187 e. The highest BCUT2D eigenvalue weighted by Gasteiger charge is 2.08. The number of halogens is 1. The summed E-state index contributed by atoms with van der Waals surface area (Å²) in [5.41, 5.74) is 5.62. The van der Waals surface area contributed by atoms with Crippen LogP contribution >= 0.6 is 22.9 Å². The zero-order chi connectivity index (χ0) is 14.8. The van der Waals surface area contributed by atoms with Crippen molar-refractivity contribution in [2.45, 2.75) is 13.8 Å². The number of aromatic nitrogens is 1. The Bertz CT molecular complexity index is 780. The SMILES string of the molecule is Cc1ccc(C)c(-c2csc(Nc3cccc(Cl)c3)n2)c1. The van der Waals surface area contributed by atoms with Gasteiger partial charge in [-0.15, -0.1) is 11.3 Å². The fraction of sp³-hybridized carbons (Fsp3) is 0.118. The number of aryl methyl sites for hydroxylation is 2. The zero-order valence-corrected chi connectivity index (χ0v) is 13.4. The van der Waals surface area contributed by atoms with Gasteiger partial charge in [-0.25, -0.2) is 4.98 Å². The molecule has 3 aromatic rings. The summed E-state index contributed by atoms with van der Waals surface area (Å²) in [6.07, 6.45) is 0. The van der Waals surface area contributed by atoms with Crippen LogP contribution in [0.2, 0.25) is 5.02 Å². The standard InChI is InChI=1S/C17H15ClN2S/c1-11-6-7-12(2)15(8-11)16-10-21-17(20-16)19-14-5-3-4-13(18)9-14/h3-10H,1-2H3,(H,19,20). The molecule has 4 heteroatoms. The third-order valence-electron chi connectivity index (χ3n) is 3.25. The summed E-state index contributed by atoms with van der Waals surface area (Å²) in [6, 6.07) is 14.1. The molecule has 2 aromatic carbocycles. The highest BCUT2D eigenvalue weighted by atomic mass is 35.5. The normalized spacial score (nSPS) is 10.6. The highest BCUT2D eigenvalue weighted by molar-refractivity contribution is 7.14. The molecule has 21 heavy (non-hydrogen) atoms. The molecular formula is C17H15ClN2S. The van der Waals surface area contributed by atoms with Gasteiger partial charge in [0.25, 0.3) is 0 Å². The molecule has 1 aromatic heterocycles. The van der Waals surface area contributed by atoms with E-state index in [0.717, 1.165) is 16.5 Å². The number of hydrogen-bond donors (Lipinski definition) is 1. The Kier molecular flexibility index (Phi) is 3.95. The molecule has 1 heterocycles. The van der Waals surface area contributed by atoms with Crippen molar-refractivity contribution >= 4 is 33.8 Å². The van der Waals surface area contributed by atoms with Gasteiger partial charge in [0.2, 0.25) is 0 Å². The molecular weight excluding hydrogens is 300 g/mol. The van der Waals surface area contributed by atoms with Gasteiger partial charge in [-0.05, 0) is 43.7 Å². The predicted molar refractivity (Wildman–Crippen MR) is 91.8 cm³/mol. The molecule has 1 N–H and O–H groups in total. The molecule has 0 bridgehead atoms. The summed E-state index contributed by atoms with van der Waals surface area (Å²) >= 11 is 7.59. The van der Waals surface area contributed by atoms with Crippen LogP contribution in [0.25, 0.3) is 11.3 Å². The van der Waals surface area contributed by atoms with Crippen LogP contribution in [0.5, 0.6) is 0 Å². The Hall–Kier alpha value is -1.84. The molecule has 0 radical (unpaired) electrons.